The number of hydrogen-bond donors (Lipinski definition) is 0. The van der Waals surface area contributed by atoms with Crippen molar-refractivity contribution in [3.05, 3.63) is 59.0 Å². The van der Waals surface area contributed by atoms with E-state index in [-0.39, 0.29) is 0 Å². The SMILES string of the molecule is C=CCC(C)[O-].C=CCC(C)[O-].C=CCC(C)[O-].CCCCC1=[C]([Zr+3])CC=C1. The van der Waals surface area contributed by atoms with Gasteiger partial charge in [0.15, 0.2) is 0 Å². The molecule has 1 aliphatic carbocycles. The van der Waals surface area contributed by atoms with E-state index in [0.717, 1.165) is 0 Å². The molecule has 1 aliphatic rings. The first-order chi connectivity index (χ1) is 13.2. The topological polar surface area (TPSA) is 69.2 Å². The van der Waals surface area contributed by atoms with Crippen LogP contribution < -0.4 is 15.3 Å². The third kappa shape index (κ3) is 30.2. The van der Waals surface area contributed by atoms with E-state index in [0.29, 0.717) is 19.3 Å². The molecule has 3 nitrogen and oxygen atoms in total. The normalized spacial score (nSPS) is 14.9. The summed E-state index contributed by atoms with van der Waals surface area (Å²) in [6.07, 6.45) is 15.1. The molecule has 158 valence electrons. The van der Waals surface area contributed by atoms with Gasteiger partial charge in [-0.25, -0.2) is 0 Å². The minimum atomic E-state index is -0.470. The van der Waals surface area contributed by atoms with Gasteiger partial charge < -0.3 is 15.3 Å². The molecule has 0 aromatic carbocycles. The summed E-state index contributed by atoms with van der Waals surface area (Å²) in [6.45, 7) is 17.3. The van der Waals surface area contributed by atoms with Crippen molar-refractivity contribution in [3.8, 4) is 0 Å². The molecule has 1 rings (SSSR count). The van der Waals surface area contributed by atoms with Gasteiger partial charge in [-0.3, -0.25) is 0 Å². The fourth-order valence-corrected chi connectivity index (χ4v) is 2.66. The van der Waals surface area contributed by atoms with Crippen LogP contribution in [0.3, 0.4) is 0 Å². The third-order valence-electron chi connectivity index (χ3n) is 3.32. The first-order valence-electron chi connectivity index (χ1n) is 10.1. The maximum absolute atomic E-state index is 10.1. The van der Waals surface area contributed by atoms with Gasteiger partial charge in [0.05, 0.1) is 0 Å². The molecule has 0 spiro atoms. The van der Waals surface area contributed by atoms with Crippen LogP contribution in [-0.2, 0) is 24.7 Å². The van der Waals surface area contributed by atoms with Gasteiger partial charge >= 0.3 is 78.3 Å². The predicted octanol–water partition coefficient (Wildman–Crippen LogP) is 3.87. The van der Waals surface area contributed by atoms with Gasteiger partial charge in [0.2, 0.25) is 0 Å². The molecule has 3 unspecified atom stereocenters. The quantitative estimate of drug-likeness (QED) is 0.483. The average Bonchev–Trinajstić information content (AvgIpc) is 2.99. The van der Waals surface area contributed by atoms with E-state index >= 15 is 0 Å². The van der Waals surface area contributed by atoms with E-state index in [1.807, 2.05) is 0 Å². The number of rotatable bonds is 9. The zero-order valence-corrected chi connectivity index (χ0v) is 20.9. The maximum atomic E-state index is 10.1. The summed E-state index contributed by atoms with van der Waals surface area (Å²) in [5, 5.41) is 30.2. The molecular formula is C24H40O3Zr. The fourth-order valence-electron chi connectivity index (χ4n) is 1.86. The standard InChI is InChI=1S/C9H13.3C5H9O.Zr/c1-2-3-6-9-7-4-5-8-9;3*1-3-4-5(2)6;/h4,7H,2-3,5-6H2,1H3;3*3,5H,1,4H2,2H3;/q;3*-1;+3. The molecule has 0 saturated heterocycles. The summed E-state index contributed by atoms with van der Waals surface area (Å²) in [5.74, 6) is 0. The molecule has 4 heteroatoms. The van der Waals surface area contributed by atoms with Crippen LogP contribution >= 0.6 is 0 Å². The van der Waals surface area contributed by atoms with E-state index < -0.39 is 18.3 Å². The molecule has 28 heavy (non-hydrogen) atoms. The van der Waals surface area contributed by atoms with Crippen molar-refractivity contribution in [1.29, 1.82) is 0 Å². The molecule has 0 aliphatic heterocycles. The van der Waals surface area contributed by atoms with Crippen molar-refractivity contribution in [1.82, 2.24) is 0 Å². The molecule has 0 saturated carbocycles. The molecule has 0 amide bonds. The summed E-state index contributed by atoms with van der Waals surface area (Å²) in [6, 6.07) is 0. The van der Waals surface area contributed by atoms with Crippen LogP contribution in [0.1, 0.15) is 72.6 Å². The predicted molar refractivity (Wildman–Crippen MR) is 113 cm³/mol. The van der Waals surface area contributed by atoms with Gasteiger partial charge in [-0.05, 0) is 19.3 Å². The van der Waals surface area contributed by atoms with E-state index in [1.54, 1.807) is 72.6 Å². The molecule has 3 atom stereocenters. The second-order valence-electron chi connectivity index (χ2n) is 6.72. The van der Waals surface area contributed by atoms with Crippen molar-refractivity contribution in [2.24, 2.45) is 0 Å². The Morgan fingerprint density at radius 1 is 0.929 bits per heavy atom. The van der Waals surface area contributed by atoms with Crippen LogP contribution in [0.4, 0.5) is 0 Å². The fraction of sp³-hybridized carbons (Fsp3) is 0.583. The zero-order valence-electron chi connectivity index (χ0n) is 18.4. The summed E-state index contributed by atoms with van der Waals surface area (Å²) >= 11 is 1.61. The van der Waals surface area contributed by atoms with Crippen LogP contribution in [0.5, 0.6) is 0 Å². The summed E-state index contributed by atoms with van der Waals surface area (Å²) in [4.78, 5) is 0. The van der Waals surface area contributed by atoms with Crippen LogP contribution in [0, 0.1) is 0 Å². The van der Waals surface area contributed by atoms with Crippen LogP contribution in [0.15, 0.2) is 59.0 Å². The minimum absolute atomic E-state index is 0.470. The number of hydrogen-bond acceptors (Lipinski definition) is 3. The van der Waals surface area contributed by atoms with E-state index in [9.17, 15) is 15.3 Å². The van der Waals surface area contributed by atoms with E-state index in [4.69, 9.17) is 0 Å². The first-order valence-corrected chi connectivity index (χ1v) is 11.3. The summed E-state index contributed by atoms with van der Waals surface area (Å²) in [7, 11) is 0. The summed E-state index contributed by atoms with van der Waals surface area (Å²) in [5.41, 5.74) is 1.63. The van der Waals surface area contributed by atoms with E-state index in [2.05, 4.69) is 38.8 Å². The van der Waals surface area contributed by atoms with Crippen LogP contribution in [0.25, 0.3) is 0 Å². The van der Waals surface area contributed by atoms with Crippen molar-refractivity contribution in [2.45, 2.75) is 91.0 Å². The van der Waals surface area contributed by atoms with Crippen molar-refractivity contribution < 1.29 is 40.0 Å². The Balaban J connectivity index is -0.000000309. The van der Waals surface area contributed by atoms with Crippen LogP contribution in [0.2, 0.25) is 0 Å². The molecule has 0 aromatic rings. The molecule has 0 heterocycles. The Kier molecular flexibility index (Phi) is 28.1. The van der Waals surface area contributed by atoms with Gasteiger partial charge in [-0.15, -0.1) is 38.0 Å². The van der Waals surface area contributed by atoms with Crippen molar-refractivity contribution in [2.75, 3.05) is 0 Å². The molecule has 0 aromatic heterocycles. The van der Waals surface area contributed by atoms with Gasteiger partial charge in [0, 0.05) is 0 Å². The Morgan fingerprint density at radius 2 is 1.32 bits per heavy atom. The summed E-state index contributed by atoms with van der Waals surface area (Å²) < 4.78 is 1.67. The van der Waals surface area contributed by atoms with Gasteiger partial charge in [0.25, 0.3) is 0 Å². The Labute approximate surface area is 189 Å². The second-order valence-corrected chi connectivity index (χ2v) is 8.20. The molecular weight excluding hydrogens is 427 g/mol. The average molecular weight is 468 g/mol. The molecule has 0 bridgehead atoms. The third-order valence-corrected chi connectivity index (χ3v) is 4.62. The Hall–Kier alpha value is -0.537. The van der Waals surface area contributed by atoms with Crippen molar-refractivity contribution >= 4 is 0 Å². The molecule has 0 fully saturated rings. The zero-order chi connectivity index (χ0) is 22.4. The monoisotopic (exact) mass is 466 g/mol. The number of allylic oxidation sites excluding steroid dienone is 4. The van der Waals surface area contributed by atoms with Gasteiger partial charge in [-0.2, -0.15) is 0 Å². The van der Waals surface area contributed by atoms with Crippen molar-refractivity contribution in [3.63, 3.8) is 0 Å². The van der Waals surface area contributed by atoms with Gasteiger partial charge in [-0.1, -0.05) is 39.0 Å². The number of unbranched alkanes of at least 4 members (excludes halogenated alkanes) is 1. The van der Waals surface area contributed by atoms with Crippen LogP contribution in [-0.4, -0.2) is 18.3 Å². The van der Waals surface area contributed by atoms with E-state index in [1.165, 1.54) is 25.7 Å². The van der Waals surface area contributed by atoms with Gasteiger partial charge in [0.1, 0.15) is 0 Å². The first kappa shape index (κ1) is 32.1. The Bertz CT molecular complexity index is 402. The second kappa shape index (κ2) is 24.5. The Morgan fingerprint density at radius 3 is 1.50 bits per heavy atom. The molecule has 0 N–H and O–H groups in total. The molecule has 0 radical (unpaired) electrons.